The lowest BCUT2D eigenvalue weighted by Crippen LogP contribution is -2.01. The van der Waals surface area contributed by atoms with E-state index in [9.17, 15) is 8.78 Å². The monoisotopic (exact) mass is 167 g/mol. The van der Waals surface area contributed by atoms with E-state index in [-0.39, 0.29) is 5.75 Å². The lowest BCUT2D eigenvalue weighted by molar-refractivity contribution is -0.0498. The Bertz CT molecular complexity index is 302. The van der Waals surface area contributed by atoms with Crippen molar-refractivity contribution in [2.24, 2.45) is 0 Å². The molecule has 0 aliphatic heterocycles. The van der Waals surface area contributed by atoms with Gasteiger partial charge in [0, 0.05) is 5.56 Å². The average Bonchev–Trinajstić information content (AvgIpc) is 2.03. The van der Waals surface area contributed by atoms with Crippen LogP contribution in [0, 0.1) is 18.4 Å². The fourth-order valence-corrected chi connectivity index (χ4v) is 0.704. The Hall–Kier alpha value is -1.56. The normalized spacial score (nSPS) is 9.50. The van der Waals surface area contributed by atoms with E-state index in [2.05, 4.69) is 16.7 Å². The van der Waals surface area contributed by atoms with Crippen molar-refractivity contribution < 1.29 is 13.5 Å². The number of terminal acetylenes is 1. The second-order valence-electron chi connectivity index (χ2n) is 1.98. The molecule has 0 spiro atoms. The fourth-order valence-electron chi connectivity index (χ4n) is 0.704. The molecule has 0 heterocycles. The Kier molecular flexibility index (Phi) is 2.65. The molecule has 1 nitrogen and oxygen atoms in total. The predicted octanol–water partition coefficient (Wildman–Crippen LogP) is 2.07. The highest BCUT2D eigenvalue weighted by Crippen LogP contribution is 2.14. The maximum absolute atomic E-state index is 11.7. The summed E-state index contributed by atoms with van der Waals surface area (Å²) in [4.78, 5) is 0. The SMILES string of the molecule is C#Cc1c[c]cc(OC(F)F)c1. The summed E-state index contributed by atoms with van der Waals surface area (Å²) in [6, 6.07) is 6.75. The lowest BCUT2D eigenvalue weighted by Gasteiger charge is -2.03. The molecule has 0 saturated carbocycles. The van der Waals surface area contributed by atoms with Crippen molar-refractivity contribution in [1.82, 2.24) is 0 Å². The number of hydrogen-bond donors (Lipinski definition) is 0. The van der Waals surface area contributed by atoms with Gasteiger partial charge < -0.3 is 4.74 Å². The molecular weight excluding hydrogens is 162 g/mol. The predicted molar refractivity (Wildman–Crippen MR) is 39.8 cm³/mol. The molecular formula is C9H5F2O. The number of rotatable bonds is 2. The van der Waals surface area contributed by atoms with Crippen LogP contribution in [0.15, 0.2) is 18.2 Å². The molecule has 0 saturated heterocycles. The topological polar surface area (TPSA) is 9.23 Å². The van der Waals surface area contributed by atoms with E-state index in [0.29, 0.717) is 5.56 Å². The molecule has 0 unspecified atom stereocenters. The number of hydrogen-bond acceptors (Lipinski definition) is 1. The van der Waals surface area contributed by atoms with E-state index in [4.69, 9.17) is 6.42 Å². The van der Waals surface area contributed by atoms with E-state index in [1.165, 1.54) is 18.2 Å². The molecule has 61 valence electrons. The van der Waals surface area contributed by atoms with Gasteiger partial charge in [-0.1, -0.05) is 5.92 Å². The Morgan fingerprint density at radius 3 is 2.83 bits per heavy atom. The van der Waals surface area contributed by atoms with Crippen LogP contribution in [0.1, 0.15) is 5.56 Å². The van der Waals surface area contributed by atoms with Crippen LogP contribution in [0.25, 0.3) is 0 Å². The second-order valence-corrected chi connectivity index (χ2v) is 1.98. The Balaban J connectivity index is 2.81. The first kappa shape index (κ1) is 8.54. The third kappa shape index (κ3) is 2.24. The van der Waals surface area contributed by atoms with Crippen LogP contribution in [-0.2, 0) is 0 Å². The molecule has 1 aromatic rings. The minimum absolute atomic E-state index is 0.0282. The molecule has 0 fully saturated rings. The smallest absolute Gasteiger partial charge is 0.387 e. The van der Waals surface area contributed by atoms with Crippen molar-refractivity contribution in [3.63, 3.8) is 0 Å². The van der Waals surface area contributed by atoms with Gasteiger partial charge in [0.1, 0.15) is 5.75 Å². The molecule has 0 amide bonds. The van der Waals surface area contributed by atoms with Crippen LogP contribution in [0.2, 0.25) is 0 Å². The van der Waals surface area contributed by atoms with Gasteiger partial charge in [0.05, 0.1) is 0 Å². The first-order valence-corrected chi connectivity index (χ1v) is 3.15. The average molecular weight is 167 g/mol. The van der Waals surface area contributed by atoms with Gasteiger partial charge in [0.25, 0.3) is 0 Å². The van der Waals surface area contributed by atoms with Crippen molar-refractivity contribution in [1.29, 1.82) is 0 Å². The maximum atomic E-state index is 11.7. The van der Waals surface area contributed by atoms with Crippen molar-refractivity contribution >= 4 is 0 Å². The van der Waals surface area contributed by atoms with Crippen molar-refractivity contribution in [2.75, 3.05) is 0 Å². The third-order valence-corrected chi connectivity index (χ3v) is 1.15. The number of halogens is 2. The highest BCUT2D eigenvalue weighted by atomic mass is 19.3. The van der Waals surface area contributed by atoms with E-state index in [1.54, 1.807) is 0 Å². The first-order chi connectivity index (χ1) is 5.72. The van der Waals surface area contributed by atoms with E-state index in [1.807, 2.05) is 0 Å². The fraction of sp³-hybridized carbons (Fsp3) is 0.111. The van der Waals surface area contributed by atoms with Gasteiger partial charge in [-0.2, -0.15) is 8.78 Å². The van der Waals surface area contributed by atoms with Gasteiger partial charge >= 0.3 is 6.61 Å². The van der Waals surface area contributed by atoms with Crippen molar-refractivity contribution in [3.8, 4) is 18.1 Å². The summed E-state index contributed by atoms with van der Waals surface area (Å²) >= 11 is 0. The van der Waals surface area contributed by atoms with Gasteiger partial charge in [0.2, 0.25) is 0 Å². The lowest BCUT2D eigenvalue weighted by atomic mass is 10.2. The van der Waals surface area contributed by atoms with Crippen molar-refractivity contribution in [3.05, 3.63) is 29.8 Å². The molecule has 1 radical (unpaired) electrons. The van der Waals surface area contributed by atoms with Crippen LogP contribution in [0.4, 0.5) is 8.78 Å². The number of alkyl halides is 2. The quantitative estimate of drug-likeness (QED) is 0.612. The Labute approximate surface area is 69.0 Å². The minimum atomic E-state index is -2.83. The first-order valence-electron chi connectivity index (χ1n) is 3.15. The zero-order valence-corrected chi connectivity index (χ0v) is 6.05. The summed E-state index contributed by atoms with van der Waals surface area (Å²) < 4.78 is 27.4. The van der Waals surface area contributed by atoms with Crippen LogP contribution in [-0.4, -0.2) is 6.61 Å². The zero-order chi connectivity index (χ0) is 8.97. The molecule has 12 heavy (non-hydrogen) atoms. The molecule has 0 N–H and O–H groups in total. The summed E-state index contributed by atoms with van der Waals surface area (Å²) in [6.07, 6.45) is 5.04. The summed E-state index contributed by atoms with van der Waals surface area (Å²) in [5.74, 6) is 2.31. The van der Waals surface area contributed by atoms with Crippen molar-refractivity contribution in [2.45, 2.75) is 6.61 Å². The standard InChI is InChI=1S/C9H5F2O/c1-2-7-4-3-5-8(6-7)12-9(10)11/h1,4-6,9H. The zero-order valence-electron chi connectivity index (χ0n) is 6.05. The molecule has 3 heteroatoms. The molecule has 1 aromatic carbocycles. The highest BCUT2D eigenvalue weighted by molar-refractivity contribution is 5.37. The summed E-state index contributed by atoms with van der Waals surface area (Å²) in [6.45, 7) is -2.83. The third-order valence-electron chi connectivity index (χ3n) is 1.15. The molecule has 1 rings (SSSR count). The van der Waals surface area contributed by atoms with Gasteiger partial charge in [-0.05, 0) is 24.3 Å². The van der Waals surface area contributed by atoms with E-state index >= 15 is 0 Å². The molecule has 0 aliphatic carbocycles. The maximum Gasteiger partial charge on any atom is 0.387 e. The molecule has 0 bridgehead atoms. The Morgan fingerprint density at radius 2 is 2.25 bits per heavy atom. The van der Waals surface area contributed by atoms with Gasteiger partial charge in [-0.25, -0.2) is 0 Å². The van der Waals surface area contributed by atoms with Crippen LogP contribution >= 0.6 is 0 Å². The van der Waals surface area contributed by atoms with Crippen LogP contribution in [0.3, 0.4) is 0 Å². The van der Waals surface area contributed by atoms with Crippen LogP contribution in [0.5, 0.6) is 5.75 Å². The largest absolute Gasteiger partial charge is 0.435 e. The summed E-state index contributed by atoms with van der Waals surface area (Å²) in [5.41, 5.74) is 0.466. The number of ether oxygens (including phenoxy) is 1. The summed E-state index contributed by atoms with van der Waals surface area (Å²) in [5, 5.41) is 0. The van der Waals surface area contributed by atoms with Gasteiger partial charge in [-0.3, -0.25) is 0 Å². The second kappa shape index (κ2) is 3.72. The van der Waals surface area contributed by atoms with E-state index in [0.717, 1.165) is 0 Å². The highest BCUT2D eigenvalue weighted by Gasteiger charge is 2.03. The minimum Gasteiger partial charge on any atom is -0.435 e. The van der Waals surface area contributed by atoms with Gasteiger partial charge in [-0.15, -0.1) is 6.42 Å². The molecule has 0 aromatic heterocycles. The molecule has 0 atom stereocenters. The van der Waals surface area contributed by atoms with Gasteiger partial charge in [0.15, 0.2) is 0 Å². The number of benzene rings is 1. The Morgan fingerprint density at radius 1 is 1.50 bits per heavy atom. The summed E-state index contributed by atoms with van der Waals surface area (Å²) in [7, 11) is 0. The molecule has 0 aliphatic rings. The van der Waals surface area contributed by atoms with E-state index < -0.39 is 6.61 Å². The van der Waals surface area contributed by atoms with Crippen LogP contribution < -0.4 is 4.74 Å².